The summed E-state index contributed by atoms with van der Waals surface area (Å²) >= 11 is 1.04. The Labute approximate surface area is 149 Å². The zero-order valence-corrected chi connectivity index (χ0v) is 14.2. The highest BCUT2D eigenvalue weighted by atomic mass is 32.2. The predicted molar refractivity (Wildman–Crippen MR) is 97.0 cm³/mol. The van der Waals surface area contributed by atoms with Gasteiger partial charge in [0.1, 0.15) is 0 Å². The average Bonchev–Trinajstić information content (AvgIpc) is 2.93. The molecule has 2 aromatic carbocycles. The number of para-hydroxylation sites is 1. The number of imide groups is 1. The Bertz CT molecular complexity index is 866. The van der Waals surface area contributed by atoms with Gasteiger partial charge in [-0.1, -0.05) is 42.1 Å². The molecule has 0 aromatic heterocycles. The summed E-state index contributed by atoms with van der Waals surface area (Å²) in [6, 6.07) is 15.4. The molecule has 1 fully saturated rings. The van der Waals surface area contributed by atoms with E-state index in [-0.39, 0.29) is 17.1 Å². The van der Waals surface area contributed by atoms with Gasteiger partial charge in [0.05, 0.1) is 10.9 Å². The van der Waals surface area contributed by atoms with Crippen LogP contribution in [0.5, 0.6) is 0 Å². The van der Waals surface area contributed by atoms with E-state index < -0.39 is 5.25 Å². The third-order valence-corrected chi connectivity index (χ3v) is 5.50. The van der Waals surface area contributed by atoms with Crippen LogP contribution in [0.25, 0.3) is 0 Å². The Morgan fingerprint density at radius 2 is 1.80 bits per heavy atom. The first-order valence-electron chi connectivity index (χ1n) is 8.14. The molecule has 0 spiro atoms. The number of amides is 3. The smallest absolute Gasteiger partial charge is 0.286 e. The van der Waals surface area contributed by atoms with Gasteiger partial charge in [0.15, 0.2) is 0 Å². The van der Waals surface area contributed by atoms with Crippen molar-refractivity contribution in [3.05, 3.63) is 59.7 Å². The summed E-state index contributed by atoms with van der Waals surface area (Å²) < 4.78 is 0. The average molecular weight is 352 g/mol. The molecular weight excluding hydrogens is 336 g/mol. The molecule has 0 bridgehead atoms. The number of hydrogen-bond acceptors (Lipinski definition) is 4. The van der Waals surface area contributed by atoms with Gasteiger partial charge in [0.25, 0.3) is 5.24 Å². The van der Waals surface area contributed by atoms with Gasteiger partial charge in [-0.3, -0.25) is 24.6 Å². The molecule has 1 saturated heterocycles. The standard InChI is InChI=1S/C19H16N2O3S/c22-17-10-9-14-12(11-16-18(23)20-19(24)25-16)5-4-8-15(14)21(17)13-6-2-1-3-7-13/h1-8,16H,9-11H2,(H,20,23,24). The first-order valence-corrected chi connectivity index (χ1v) is 9.01. The van der Waals surface area contributed by atoms with E-state index in [0.29, 0.717) is 19.3 Å². The van der Waals surface area contributed by atoms with Crippen LogP contribution in [-0.2, 0) is 22.4 Å². The number of anilines is 2. The highest BCUT2D eigenvalue weighted by Gasteiger charge is 2.33. The molecule has 2 aliphatic rings. The second kappa shape index (κ2) is 6.37. The normalized spacial score (nSPS) is 19.8. The van der Waals surface area contributed by atoms with Crippen molar-refractivity contribution in [2.75, 3.05) is 4.90 Å². The molecule has 5 nitrogen and oxygen atoms in total. The van der Waals surface area contributed by atoms with Crippen LogP contribution < -0.4 is 10.2 Å². The Hall–Kier alpha value is -2.60. The molecule has 0 aliphatic carbocycles. The third kappa shape index (κ3) is 2.93. The molecule has 1 unspecified atom stereocenters. The molecule has 126 valence electrons. The monoisotopic (exact) mass is 352 g/mol. The molecule has 25 heavy (non-hydrogen) atoms. The molecule has 0 saturated carbocycles. The molecule has 1 N–H and O–H groups in total. The number of nitrogens with zero attached hydrogens (tertiary/aromatic N) is 1. The van der Waals surface area contributed by atoms with Gasteiger partial charge in [-0.2, -0.15) is 0 Å². The van der Waals surface area contributed by atoms with Crippen LogP contribution in [0.2, 0.25) is 0 Å². The summed E-state index contributed by atoms with van der Waals surface area (Å²) in [5, 5.41) is 1.64. The summed E-state index contributed by atoms with van der Waals surface area (Å²) in [5.41, 5.74) is 3.82. The number of carbonyl (C=O) groups excluding carboxylic acids is 3. The largest absolute Gasteiger partial charge is 0.286 e. The van der Waals surface area contributed by atoms with Crippen LogP contribution in [-0.4, -0.2) is 22.3 Å². The van der Waals surface area contributed by atoms with Crippen molar-refractivity contribution >= 4 is 40.2 Å². The second-order valence-corrected chi connectivity index (χ2v) is 7.24. The minimum atomic E-state index is -0.401. The molecule has 4 rings (SSSR count). The maximum absolute atomic E-state index is 12.5. The Morgan fingerprint density at radius 1 is 1.00 bits per heavy atom. The molecule has 2 heterocycles. The molecular formula is C19H16N2O3S. The quantitative estimate of drug-likeness (QED) is 0.921. The summed E-state index contributed by atoms with van der Waals surface area (Å²) in [7, 11) is 0. The van der Waals surface area contributed by atoms with E-state index in [0.717, 1.165) is 34.3 Å². The van der Waals surface area contributed by atoms with Crippen LogP contribution in [0, 0.1) is 0 Å². The topological polar surface area (TPSA) is 66.5 Å². The molecule has 6 heteroatoms. The van der Waals surface area contributed by atoms with E-state index >= 15 is 0 Å². The van der Waals surface area contributed by atoms with Crippen molar-refractivity contribution in [2.24, 2.45) is 0 Å². The van der Waals surface area contributed by atoms with Gasteiger partial charge in [-0.25, -0.2) is 0 Å². The first kappa shape index (κ1) is 15.9. The molecule has 1 atom stereocenters. The van der Waals surface area contributed by atoms with E-state index in [1.165, 1.54) is 0 Å². The summed E-state index contributed by atoms with van der Waals surface area (Å²) in [5.74, 6) is -0.168. The predicted octanol–water partition coefficient (Wildman–Crippen LogP) is 3.19. The van der Waals surface area contributed by atoms with Crippen molar-refractivity contribution in [1.82, 2.24) is 5.32 Å². The lowest BCUT2D eigenvalue weighted by atomic mass is 9.93. The van der Waals surface area contributed by atoms with Crippen molar-refractivity contribution in [2.45, 2.75) is 24.5 Å². The van der Waals surface area contributed by atoms with Crippen LogP contribution in [0.1, 0.15) is 17.5 Å². The fraction of sp³-hybridized carbons (Fsp3) is 0.211. The Balaban J connectivity index is 1.71. The van der Waals surface area contributed by atoms with Gasteiger partial charge < -0.3 is 0 Å². The number of hydrogen-bond donors (Lipinski definition) is 1. The Morgan fingerprint density at radius 3 is 2.52 bits per heavy atom. The summed E-state index contributed by atoms with van der Waals surface area (Å²) in [6.07, 6.45) is 1.57. The van der Waals surface area contributed by atoms with E-state index in [2.05, 4.69) is 5.32 Å². The van der Waals surface area contributed by atoms with Crippen molar-refractivity contribution in [3.63, 3.8) is 0 Å². The maximum atomic E-state index is 12.5. The lowest BCUT2D eigenvalue weighted by molar-refractivity contribution is -0.119. The van der Waals surface area contributed by atoms with Crippen LogP contribution >= 0.6 is 11.8 Å². The number of thioether (sulfide) groups is 1. The number of carbonyl (C=O) groups is 3. The van der Waals surface area contributed by atoms with E-state index in [4.69, 9.17) is 0 Å². The first-order chi connectivity index (χ1) is 12.1. The SMILES string of the molecule is O=C1NC(=O)C(Cc2cccc3c2CCC(=O)N3c2ccccc2)S1. The van der Waals surface area contributed by atoms with E-state index in [9.17, 15) is 14.4 Å². The van der Waals surface area contributed by atoms with Crippen molar-refractivity contribution in [1.29, 1.82) is 0 Å². The maximum Gasteiger partial charge on any atom is 0.286 e. The van der Waals surface area contributed by atoms with Crippen LogP contribution in [0.4, 0.5) is 16.2 Å². The highest BCUT2D eigenvalue weighted by Crippen LogP contribution is 2.37. The minimum absolute atomic E-state index is 0.0685. The molecule has 2 aliphatic heterocycles. The van der Waals surface area contributed by atoms with Gasteiger partial charge in [0.2, 0.25) is 11.8 Å². The number of fused-ring (bicyclic) bond motifs is 1. The number of benzene rings is 2. The minimum Gasteiger partial charge on any atom is -0.286 e. The Kier molecular flexibility index (Phi) is 4.05. The van der Waals surface area contributed by atoms with Crippen LogP contribution in [0.15, 0.2) is 48.5 Å². The lowest BCUT2D eigenvalue weighted by Crippen LogP contribution is -2.32. The van der Waals surface area contributed by atoms with Gasteiger partial charge in [0, 0.05) is 12.1 Å². The number of rotatable bonds is 3. The summed E-state index contributed by atoms with van der Waals surface area (Å²) in [4.78, 5) is 37.5. The van der Waals surface area contributed by atoms with Gasteiger partial charge in [-0.05, 0) is 42.2 Å². The van der Waals surface area contributed by atoms with Crippen LogP contribution in [0.3, 0.4) is 0 Å². The van der Waals surface area contributed by atoms with Gasteiger partial charge in [-0.15, -0.1) is 0 Å². The summed E-state index contributed by atoms with van der Waals surface area (Å²) in [6.45, 7) is 0. The van der Waals surface area contributed by atoms with Crippen molar-refractivity contribution < 1.29 is 14.4 Å². The molecule has 2 aromatic rings. The third-order valence-electron chi connectivity index (χ3n) is 4.51. The van der Waals surface area contributed by atoms with Gasteiger partial charge >= 0.3 is 0 Å². The van der Waals surface area contributed by atoms with E-state index in [1.807, 2.05) is 48.5 Å². The molecule has 0 radical (unpaired) electrons. The fourth-order valence-corrected chi connectivity index (χ4v) is 4.22. The second-order valence-electron chi connectivity index (χ2n) is 6.07. The molecule has 3 amide bonds. The highest BCUT2D eigenvalue weighted by molar-refractivity contribution is 8.15. The fourth-order valence-electron chi connectivity index (χ4n) is 3.38. The van der Waals surface area contributed by atoms with E-state index in [1.54, 1.807) is 4.90 Å². The van der Waals surface area contributed by atoms with Crippen molar-refractivity contribution in [3.8, 4) is 0 Å². The zero-order chi connectivity index (χ0) is 17.4. The lowest BCUT2D eigenvalue weighted by Gasteiger charge is -2.31. The zero-order valence-electron chi connectivity index (χ0n) is 13.4. The number of nitrogens with one attached hydrogen (secondary N) is 1.